The van der Waals surface area contributed by atoms with Crippen LogP contribution in [0, 0.1) is 0 Å². The largest absolute Gasteiger partial charge is 0.456 e. The highest BCUT2D eigenvalue weighted by Crippen LogP contribution is 2.48. The first-order chi connectivity index (χ1) is 28.7. The van der Waals surface area contributed by atoms with Crippen LogP contribution in [0.3, 0.4) is 0 Å². The molecule has 0 saturated carbocycles. The van der Waals surface area contributed by atoms with Crippen LogP contribution in [0.4, 0.5) is 17.1 Å². The molecular weight excluding hydrogens is 733 g/mol. The Morgan fingerprint density at radius 2 is 1.03 bits per heavy atom. The third-order valence-corrected chi connectivity index (χ3v) is 12.1. The quantitative estimate of drug-likeness (QED) is 0.168. The van der Waals surface area contributed by atoms with Gasteiger partial charge in [0.05, 0.1) is 21.8 Å². The summed E-state index contributed by atoms with van der Waals surface area (Å²) in [7, 11) is 0. The van der Waals surface area contributed by atoms with Crippen LogP contribution in [0.2, 0.25) is 0 Å². The summed E-state index contributed by atoms with van der Waals surface area (Å²) < 4.78 is 15.9. The molecule has 0 spiro atoms. The summed E-state index contributed by atoms with van der Waals surface area (Å²) in [5, 5.41) is 6.54. The Hall–Kier alpha value is -7.61. The summed E-state index contributed by atoms with van der Waals surface area (Å²) in [6.07, 6.45) is 0. The smallest absolute Gasteiger partial charge is 0.164 e. The van der Waals surface area contributed by atoms with E-state index in [9.17, 15) is 0 Å². The number of anilines is 3. The molecular formula is C51H30N4O2S. The van der Waals surface area contributed by atoms with Gasteiger partial charge in [-0.2, -0.15) is 0 Å². The monoisotopic (exact) mass is 762 g/mol. The number of benzene rings is 8. The van der Waals surface area contributed by atoms with E-state index >= 15 is 0 Å². The van der Waals surface area contributed by atoms with Crippen LogP contribution in [-0.2, 0) is 0 Å². The van der Waals surface area contributed by atoms with Gasteiger partial charge >= 0.3 is 0 Å². The summed E-state index contributed by atoms with van der Waals surface area (Å²) in [6, 6.07) is 62.5. The van der Waals surface area contributed by atoms with Crippen LogP contribution < -0.4 is 4.90 Å². The first kappa shape index (κ1) is 32.6. The maximum Gasteiger partial charge on any atom is 0.164 e. The molecule has 0 aliphatic heterocycles. The Morgan fingerprint density at radius 3 is 1.83 bits per heavy atom. The van der Waals surface area contributed by atoms with Crippen LogP contribution in [0.5, 0.6) is 0 Å². The van der Waals surface area contributed by atoms with E-state index in [0.29, 0.717) is 17.5 Å². The van der Waals surface area contributed by atoms with Crippen LogP contribution in [0.15, 0.2) is 191 Å². The van der Waals surface area contributed by atoms with Crippen LogP contribution in [0.1, 0.15) is 0 Å². The third-order valence-electron chi connectivity index (χ3n) is 10.9. The predicted octanol–water partition coefficient (Wildman–Crippen LogP) is 14.5. The topological polar surface area (TPSA) is 68.2 Å². The molecule has 0 unspecified atom stereocenters. The molecule has 0 amide bonds. The number of hydrogen-bond donors (Lipinski definition) is 0. The lowest BCUT2D eigenvalue weighted by Crippen LogP contribution is -2.10. The van der Waals surface area contributed by atoms with E-state index < -0.39 is 0 Å². The van der Waals surface area contributed by atoms with Crippen molar-refractivity contribution < 1.29 is 8.83 Å². The second kappa shape index (κ2) is 13.0. The maximum absolute atomic E-state index is 6.76. The SMILES string of the molecule is c1ccc(-c2nc(-c3ccccc3)nc(-c3cccc4oc5cc(N(c6cccc7c6oc6ccccc67)c6cccc7c6sc6ccccc67)ccc5c34)n2)cc1. The minimum atomic E-state index is 0.583. The number of hydrogen-bond acceptors (Lipinski definition) is 7. The van der Waals surface area contributed by atoms with Crippen molar-refractivity contribution in [3.63, 3.8) is 0 Å². The highest BCUT2D eigenvalue weighted by atomic mass is 32.1. The van der Waals surface area contributed by atoms with E-state index in [4.69, 9.17) is 23.8 Å². The second-order valence-corrected chi connectivity index (χ2v) is 15.4. The van der Waals surface area contributed by atoms with Crippen LogP contribution >= 0.6 is 11.3 Å². The number of furan rings is 2. The minimum absolute atomic E-state index is 0.583. The van der Waals surface area contributed by atoms with Crippen molar-refractivity contribution in [2.45, 2.75) is 0 Å². The fraction of sp³-hybridized carbons (Fsp3) is 0. The van der Waals surface area contributed by atoms with Crippen molar-refractivity contribution in [3.05, 3.63) is 182 Å². The highest BCUT2D eigenvalue weighted by molar-refractivity contribution is 7.26. The molecule has 8 aromatic carbocycles. The van der Waals surface area contributed by atoms with Gasteiger partial charge in [-0.05, 0) is 42.5 Å². The van der Waals surface area contributed by atoms with E-state index in [1.165, 1.54) is 20.2 Å². The molecule has 0 saturated heterocycles. The van der Waals surface area contributed by atoms with E-state index in [-0.39, 0.29) is 0 Å². The fourth-order valence-corrected chi connectivity index (χ4v) is 9.50. The van der Waals surface area contributed by atoms with Crippen molar-refractivity contribution in [1.82, 2.24) is 15.0 Å². The molecule has 4 heterocycles. The van der Waals surface area contributed by atoms with Gasteiger partial charge in [-0.15, -0.1) is 11.3 Å². The lowest BCUT2D eigenvalue weighted by molar-refractivity contribution is 0.667. The molecule has 4 aromatic heterocycles. The molecule has 272 valence electrons. The molecule has 0 bridgehead atoms. The average molecular weight is 763 g/mol. The molecule has 0 N–H and O–H groups in total. The summed E-state index contributed by atoms with van der Waals surface area (Å²) >= 11 is 1.81. The van der Waals surface area contributed by atoms with Gasteiger partial charge in [0.1, 0.15) is 16.7 Å². The number of para-hydroxylation sites is 2. The molecule has 58 heavy (non-hydrogen) atoms. The number of rotatable bonds is 6. The molecule has 7 heteroatoms. The number of aromatic nitrogens is 3. The van der Waals surface area contributed by atoms with Gasteiger partial charge in [-0.3, -0.25) is 0 Å². The summed E-state index contributed by atoms with van der Waals surface area (Å²) in [4.78, 5) is 17.4. The van der Waals surface area contributed by atoms with Gasteiger partial charge in [0, 0.05) is 59.8 Å². The lowest BCUT2D eigenvalue weighted by atomic mass is 10.0. The first-order valence-electron chi connectivity index (χ1n) is 19.2. The molecule has 0 radical (unpaired) electrons. The van der Waals surface area contributed by atoms with Crippen LogP contribution in [-0.4, -0.2) is 15.0 Å². The average Bonchev–Trinajstić information content (AvgIpc) is 3.99. The Balaban J connectivity index is 1.08. The first-order valence-corrected chi connectivity index (χ1v) is 20.0. The molecule has 0 aliphatic rings. The second-order valence-electron chi connectivity index (χ2n) is 14.3. The van der Waals surface area contributed by atoms with E-state index in [1.54, 1.807) is 0 Å². The normalized spacial score (nSPS) is 11.8. The van der Waals surface area contributed by atoms with Crippen LogP contribution in [0.25, 0.3) is 98.2 Å². The summed E-state index contributed by atoms with van der Waals surface area (Å²) in [6.45, 7) is 0. The molecule has 12 rings (SSSR count). The van der Waals surface area contributed by atoms with Gasteiger partial charge in [0.2, 0.25) is 0 Å². The van der Waals surface area contributed by atoms with E-state index in [0.717, 1.165) is 77.6 Å². The summed E-state index contributed by atoms with van der Waals surface area (Å²) in [5.74, 6) is 1.81. The van der Waals surface area contributed by atoms with E-state index in [1.807, 2.05) is 96.3 Å². The molecule has 0 atom stereocenters. The van der Waals surface area contributed by atoms with Gasteiger partial charge in [-0.1, -0.05) is 133 Å². The Bertz CT molecular complexity index is 3360. The lowest BCUT2D eigenvalue weighted by Gasteiger charge is -2.26. The van der Waals surface area contributed by atoms with Crippen molar-refractivity contribution in [1.29, 1.82) is 0 Å². The fourth-order valence-electron chi connectivity index (χ4n) is 8.29. The zero-order chi connectivity index (χ0) is 38.2. The number of fused-ring (bicyclic) bond motifs is 9. The van der Waals surface area contributed by atoms with Gasteiger partial charge in [-0.25, -0.2) is 15.0 Å². The maximum atomic E-state index is 6.76. The van der Waals surface area contributed by atoms with Gasteiger partial charge in [0.15, 0.2) is 23.1 Å². The Labute approximate surface area is 335 Å². The number of thiophene rings is 1. The molecule has 0 fully saturated rings. The highest BCUT2D eigenvalue weighted by Gasteiger charge is 2.24. The third kappa shape index (κ3) is 5.14. The zero-order valence-corrected chi connectivity index (χ0v) is 31.7. The minimum Gasteiger partial charge on any atom is -0.456 e. The zero-order valence-electron chi connectivity index (χ0n) is 30.8. The van der Waals surface area contributed by atoms with Gasteiger partial charge < -0.3 is 13.7 Å². The Morgan fingerprint density at radius 1 is 0.414 bits per heavy atom. The predicted molar refractivity (Wildman–Crippen MR) is 238 cm³/mol. The molecule has 12 aromatic rings. The van der Waals surface area contributed by atoms with Crippen molar-refractivity contribution in [3.8, 4) is 34.2 Å². The number of nitrogens with zero attached hydrogens (tertiary/aromatic N) is 4. The van der Waals surface area contributed by atoms with Crippen molar-refractivity contribution in [2.75, 3.05) is 4.90 Å². The van der Waals surface area contributed by atoms with Gasteiger partial charge in [0.25, 0.3) is 0 Å². The van der Waals surface area contributed by atoms with E-state index in [2.05, 4.69) is 102 Å². The van der Waals surface area contributed by atoms with Crippen molar-refractivity contribution >= 4 is 92.4 Å². The molecule has 6 nitrogen and oxygen atoms in total. The molecule has 0 aliphatic carbocycles. The van der Waals surface area contributed by atoms with Crippen molar-refractivity contribution in [2.24, 2.45) is 0 Å². The Kier molecular flexibility index (Phi) is 7.30. The standard InChI is InChI=1S/C51H30N4O2S/c1-3-14-31(15-4-1)49-52-50(32-16-5-2-6-17-32)54-51(53-49)39-22-13-26-43-46(39)38-29-28-33(30-44(38)56-43)55(40-23-11-20-36-34-18-7-9-25-42(34)57-47(36)40)41-24-12-21-37-35-19-8-10-27-45(35)58-48(37)41/h1-30H. The summed E-state index contributed by atoms with van der Waals surface area (Å²) in [5.41, 5.74) is 8.87.